The molecule has 4 nitrogen and oxygen atoms in total. The van der Waals surface area contributed by atoms with Gasteiger partial charge in [0, 0.05) is 12.3 Å². The number of rotatable bonds is 1. The predicted octanol–water partition coefficient (Wildman–Crippen LogP) is 0.528. The molecule has 13 heavy (non-hydrogen) atoms. The fraction of sp³-hybridized carbons (Fsp3) is 0.750. The SMILES string of the molecule is CC1SCCC1(O)c1cnnn1C. The second-order valence-electron chi connectivity index (χ2n) is 3.43. The van der Waals surface area contributed by atoms with Crippen LogP contribution in [0.5, 0.6) is 0 Å². The summed E-state index contributed by atoms with van der Waals surface area (Å²) in [5.41, 5.74) is 0.0909. The van der Waals surface area contributed by atoms with Gasteiger partial charge in [0.15, 0.2) is 0 Å². The molecular weight excluding hydrogens is 186 g/mol. The van der Waals surface area contributed by atoms with E-state index in [0.29, 0.717) is 0 Å². The van der Waals surface area contributed by atoms with Gasteiger partial charge in [0.2, 0.25) is 0 Å². The largest absolute Gasteiger partial charge is 0.382 e. The third kappa shape index (κ3) is 1.26. The highest BCUT2D eigenvalue weighted by molar-refractivity contribution is 8.00. The van der Waals surface area contributed by atoms with E-state index in [1.54, 1.807) is 22.6 Å². The van der Waals surface area contributed by atoms with Crippen LogP contribution in [0, 0.1) is 0 Å². The molecule has 5 heteroatoms. The lowest BCUT2D eigenvalue weighted by Crippen LogP contribution is -2.33. The molecular formula is C8H13N3OS. The Kier molecular flexibility index (Phi) is 2.08. The molecule has 0 amide bonds. The second-order valence-corrected chi connectivity index (χ2v) is 4.88. The van der Waals surface area contributed by atoms with Crippen LogP contribution in [0.2, 0.25) is 0 Å². The highest BCUT2D eigenvalue weighted by Crippen LogP contribution is 2.42. The van der Waals surface area contributed by atoms with Crippen LogP contribution in [0.15, 0.2) is 6.20 Å². The van der Waals surface area contributed by atoms with Gasteiger partial charge in [-0.1, -0.05) is 12.1 Å². The van der Waals surface area contributed by atoms with Gasteiger partial charge in [-0.05, 0) is 12.2 Å². The van der Waals surface area contributed by atoms with E-state index in [0.717, 1.165) is 17.9 Å². The van der Waals surface area contributed by atoms with E-state index in [1.807, 2.05) is 14.0 Å². The summed E-state index contributed by atoms with van der Waals surface area (Å²) in [6.45, 7) is 2.05. The zero-order valence-electron chi connectivity index (χ0n) is 7.77. The van der Waals surface area contributed by atoms with Crippen molar-refractivity contribution >= 4 is 11.8 Å². The fourth-order valence-electron chi connectivity index (χ4n) is 1.75. The second kappa shape index (κ2) is 2.99. The Balaban J connectivity index is 2.39. The highest BCUT2D eigenvalue weighted by atomic mass is 32.2. The van der Waals surface area contributed by atoms with Crippen LogP contribution in [0.3, 0.4) is 0 Å². The molecule has 2 heterocycles. The molecule has 0 saturated carbocycles. The molecule has 72 valence electrons. The van der Waals surface area contributed by atoms with Crippen molar-refractivity contribution in [1.82, 2.24) is 15.0 Å². The summed E-state index contributed by atoms with van der Waals surface area (Å²) >= 11 is 1.79. The van der Waals surface area contributed by atoms with Gasteiger partial charge in [-0.3, -0.25) is 0 Å². The summed E-state index contributed by atoms with van der Waals surface area (Å²) in [4.78, 5) is 0. The molecule has 1 saturated heterocycles. The number of aliphatic hydroxyl groups is 1. The number of nitrogens with zero attached hydrogens (tertiary/aromatic N) is 3. The van der Waals surface area contributed by atoms with E-state index in [9.17, 15) is 5.11 Å². The van der Waals surface area contributed by atoms with E-state index < -0.39 is 5.60 Å². The summed E-state index contributed by atoms with van der Waals surface area (Å²) in [6, 6.07) is 0. The molecule has 0 aliphatic carbocycles. The van der Waals surface area contributed by atoms with Gasteiger partial charge in [0.1, 0.15) is 5.60 Å². The van der Waals surface area contributed by atoms with E-state index in [2.05, 4.69) is 10.3 Å². The van der Waals surface area contributed by atoms with E-state index in [-0.39, 0.29) is 5.25 Å². The first-order valence-corrected chi connectivity index (χ1v) is 5.38. The monoisotopic (exact) mass is 199 g/mol. The van der Waals surface area contributed by atoms with Gasteiger partial charge in [0.05, 0.1) is 11.9 Å². The first kappa shape index (κ1) is 9.02. The molecule has 0 aromatic carbocycles. The van der Waals surface area contributed by atoms with Crippen LogP contribution in [0.25, 0.3) is 0 Å². The van der Waals surface area contributed by atoms with Gasteiger partial charge in [-0.25, -0.2) is 4.68 Å². The van der Waals surface area contributed by atoms with Crippen molar-refractivity contribution in [3.05, 3.63) is 11.9 Å². The van der Waals surface area contributed by atoms with Crippen LogP contribution in [-0.2, 0) is 12.6 Å². The Bertz CT molecular complexity index is 314. The molecule has 0 spiro atoms. The Labute approximate surface area is 81.3 Å². The average molecular weight is 199 g/mol. The van der Waals surface area contributed by atoms with Crippen LogP contribution >= 0.6 is 11.8 Å². The summed E-state index contributed by atoms with van der Waals surface area (Å²) in [7, 11) is 1.82. The Hall–Kier alpha value is -0.550. The van der Waals surface area contributed by atoms with Crippen molar-refractivity contribution < 1.29 is 5.11 Å². The zero-order valence-corrected chi connectivity index (χ0v) is 8.58. The van der Waals surface area contributed by atoms with E-state index in [4.69, 9.17) is 0 Å². The van der Waals surface area contributed by atoms with Crippen LogP contribution in [0.4, 0.5) is 0 Å². The Morgan fingerprint density at radius 2 is 2.54 bits per heavy atom. The average Bonchev–Trinajstić information content (AvgIpc) is 2.62. The number of aryl methyl sites for hydroxylation is 1. The topological polar surface area (TPSA) is 50.9 Å². The van der Waals surface area contributed by atoms with Gasteiger partial charge in [-0.2, -0.15) is 11.8 Å². The maximum Gasteiger partial charge on any atom is 0.120 e. The van der Waals surface area contributed by atoms with Crippen molar-refractivity contribution in [2.24, 2.45) is 7.05 Å². The van der Waals surface area contributed by atoms with Crippen molar-refractivity contribution in [1.29, 1.82) is 0 Å². The molecule has 1 aromatic rings. The van der Waals surface area contributed by atoms with Crippen molar-refractivity contribution in [2.75, 3.05) is 5.75 Å². The minimum Gasteiger partial charge on any atom is -0.382 e. The maximum absolute atomic E-state index is 10.4. The lowest BCUT2D eigenvalue weighted by molar-refractivity contribution is 0.0343. The van der Waals surface area contributed by atoms with Gasteiger partial charge in [-0.15, -0.1) is 5.10 Å². The van der Waals surface area contributed by atoms with Crippen molar-refractivity contribution in [2.45, 2.75) is 24.2 Å². The van der Waals surface area contributed by atoms with Crippen molar-refractivity contribution in [3.8, 4) is 0 Å². The number of hydrogen-bond donors (Lipinski definition) is 1. The van der Waals surface area contributed by atoms with Crippen molar-refractivity contribution in [3.63, 3.8) is 0 Å². The van der Waals surface area contributed by atoms with Crippen LogP contribution in [-0.4, -0.2) is 31.1 Å². The van der Waals surface area contributed by atoms with Gasteiger partial charge >= 0.3 is 0 Å². The normalized spacial score (nSPS) is 33.9. The Morgan fingerprint density at radius 3 is 3.00 bits per heavy atom. The fourth-order valence-corrected chi connectivity index (χ4v) is 3.05. The smallest absolute Gasteiger partial charge is 0.120 e. The zero-order chi connectivity index (χ0) is 9.47. The molecule has 1 aliphatic rings. The first-order valence-electron chi connectivity index (χ1n) is 4.34. The minimum absolute atomic E-state index is 0.227. The lowest BCUT2D eigenvalue weighted by atomic mass is 9.94. The molecule has 2 unspecified atom stereocenters. The van der Waals surface area contributed by atoms with E-state index >= 15 is 0 Å². The van der Waals surface area contributed by atoms with Gasteiger partial charge in [0.25, 0.3) is 0 Å². The predicted molar refractivity (Wildman–Crippen MR) is 51.4 cm³/mol. The number of hydrogen-bond acceptors (Lipinski definition) is 4. The molecule has 0 bridgehead atoms. The third-order valence-corrected chi connectivity index (χ3v) is 4.01. The van der Waals surface area contributed by atoms with Gasteiger partial charge < -0.3 is 5.11 Å². The molecule has 2 rings (SSSR count). The molecule has 1 N–H and O–H groups in total. The molecule has 0 radical (unpaired) electrons. The number of aromatic nitrogens is 3. The first-order chi connectivity index (χ1) is 6.14. The maximum atomic E-state index is 10.4. The highest BCUT2D eigenvalue weighted by Gasteiger charge is 2.42. The molecule has 1 aliphatic heterocycles. The molecule has 1 fully saturated rings. The molecule has 2 atom stereocenters. The minimum atomic E-state index is -0.733. The quantitative estimate of drug-likeness (QED) is 0.716. The summed E-state index contributed by atoms with van der Waals surface area (Å²) < 4.78 is 1.66. The van der Waals surface area contributed by atoms with Crippen LogP contribution < -0.4 is 0 Å². The van der Waals surface area contributed by atoms with Crippen LogP contribution in [0.1, 0.15) is 19.0 Å². The third-order valence-electron chi connectivity index (χ3n) is 2.68. The summed E-state index contributed by atoms with van der Waals surface area (Å²) in [5.74, 6) is 1.00. The van der Waals surface area contributed by atoms with E-state index in [1.165, 1.54) is 0 Å². The lowest BCUT2D eigenvalue weighted by Gasteiger charge is -2.25. The standard InChI is InChI=1S/C8H13N3OS/c1-6-8(12,3-4-13-6)7-5-9-10-11(7)2/h5-6,12H,3-4H2,1-2H3. The Morgan fingerprint density at radius 1 is 1.77 bits per heavy atom. The number of thioether (sulfide) groups is 1. The summed E-state index contributed by atoms with van der Waals surface area (Å²) in [5, 5.41) is 18.2. The molecule has 1 aromatic heterocycles. The summed E-state index contributed by atoms with van der Waals surface area (Å²) in [6.07, 6.45) is 2.45.